The van der Waals surface area contributed by atoms with Crippen LogP contribution in [0.5, 0.6) is 5.75 Å². The molecule has 1 aromatic rings. The lowest BCUT2D eigenvalue weighted by Crippen LogP contribution is -2.21. The molecular weight excluding hydrogens is 181 g/mol. The Hall–Kier alpha value is -1.09. The molecule has 1 aromatic carbocycles. The van der Waals surface area contributed by atoms with Gasteiger partial charge in [-0.05, 0) is 19.2 Å². The van der Waals surface area contributed by atoms with E-state index in [9.17, 15) is 4.39 Å². The van der Waals surface area contributed by atoms with Crippen LogP contribution in [0.4, 0.5) is 4.39 Å². The van der Waals surface area contributed by atoms with Gasteiger partial charge in [-0.25, -0.2) is 4.39 Å². The molecule has 0 saturated heterocycles. The van der Waals surface area contributed by atoms with Crippen LogP contribution in [-0.4, -0.2) is 20.2 Å². The van der Waals surface area contributed by atoms with Crippen molar-refractivity contribution in [1.82, 2.24) is 5.32 Å². The van der Waals surface area contributed by atoms with Crippen molar-refractivity contribution >= 4 is 0 Å². The highest BCUT2D eigenvalue weighted by atomic mass is 19.1. The Morgan fingerprint density at radius 1 is 1.43 bits per heavy atom. The summed E-state index contributed by atoms with van der Waals surface area (Å²) in [7, 11) is 1.89. The predicted octanol–water partition coefficient (Wildman–Crippen LogP) is 2.06. The highest BCUT2D eigenvalue weighted by molar-refractivity contribution is 5.23. The zero-order valence-corrected chi connectivity index (χ0v) is 8.59. The molecule has 0 spiro atoms. The number of rotatable bonds is 5. The Kier molecular flexibility index (Phi) is 4.40. The standard InChI is InChI=1S/C11H16FNO/c1-9(7-13-2)8-14-11-6-4-3-5-10(11)12/h3-6,9,13H,7-8H2,1-2H3. The van der Waals surface area contributed by atoms with Crippen molar-refractivity contribution in [1.29, 1.82) is 0 Å². The average Bonchev–Trinajstić information content (AvgIpc) is 2.17. The maximum Gasteiger partial charge on any atom is 0.165 e. The van der Waals surface area contributed by atoms with E-state index in [-0.39, 0.29) is 5.82 Å². The molecule has 0 heterocycles. The maximum atomic E-state index is 13.1. The van der Waals surface area contributed by atoms with Crippen molar-refractivity contribution in [3.63, 3.8) is 0 Å². The Morgan fingerprint density at radius 3 is 2.79 bits per heavy atom. The van der Waals surface area contributed by atoms with Crippen molar-refractivity contribution in [2.24, 2.45) is 5.92 Å². The smallest absolute Gasteiger partial charge is 0.165 e. The summed E-state index contributed by atoms with van der Waals surface area (Å²) in [5.41, 5.74) is 0. The molecule has 0 fully saturated rings. The van der Waals surface area contributed by atoms with Crippen LogP contribution in [0.15, 0.2) is 24.3 Å². The Morgan fingerprint density at radius 2 is 2.14 bits per heavy atom. The minimum atomic E-state index is -0.302. The van der Waals surface area contributed by atoms with Gasteiger partial charge in [-0.3, -0.25) is 0 Å². The average molecular weight is 197 g/mol. The molecule has 0 saturated carbocycles. The van der Waals surface area contributed by atoms with Crippen LogP contribution in [0.25, 0.3) is 0 Å². The SMILES string of the molecule is CNCC(C)COc1ccccc1F. The van der Waals surface area contributed by atoms with E-state index in [1.54, 1.807) is 18.2 Å². The highest BCUT2D eigenvalue weighted by Gasteiger charge is 2.04. The van der Waals surface area contributed by atoms with Gasteiger partial charge in [0.25, 0.3) is 0 Å². The van der Waals surface area contributed by atoms with Crippen molar-refractivity contribution in [3.8, 4) is 5.75 Å². The summed E-state index contributed by atoms with van der Waals surface area (Å²) in [4.78, 5) is 0. The molecular formula is C11H16FNO. The summed E-state index contributed by atoms with van der Waals surface area (Å²) in [6, 6.07) is 6.46. The van der Waals surface area contributed by atoms with Gasteiger partial charge in [0, 0.05) is 12.5 Å². The third kappa shape index (κ3) is 3.34. The number of halogens is 1. The van der Waals surface area contributed by atoms with Gasteiger partial charge in [0.1, 0.15) is 0 Å². The number of benzene rings is 1. The van der Waals surface area contributed by atoms with Gasteiger partial charge < -0.3 is 10.1 Å². The summed E-state index contributed by atoms with van der Waals surface area (Å²) in [5, 5.41) is 3.04. The molecule has 0 aliphatic rings. The molecule has 1 N–H and O–H groups in total. The van der Waals surface area contributed by atoms with Gasteiger partial charge in [-0.1, -0.05) is 19.1 Å². The lowest BCUT2D eigenvalue weighted by molar-refractivity contribution is 0.247. The molecule has 3 heteroatoms. The van der Waals surface area contributed by atoms with Crippen LogP contribution in [0.3, 0.4) is 0 Å². The number of ether oxygens (including phenoxy) is 1. The molecule has 0 aliphatic carbocycles. The quantitative estimate of drug-likeness (QED) is 0.780. The van der Waals surface area contributed by atoms with E-state index in [4.69, 9.17) is 4.74 Å². The molecule has 0 bridgehead atoms. The largest absolute Gasteiger partial charge is 0.490 e. The lowest BCUT2D eigenvalue weighted by atomic mass is 10.2. The van der Waals surface area contributed by atoms with Crippen LogP contribution in [0.2, 0.25) is 0 Å². The van der Waals surface area contributed by atoms with E-state index < -0.39 is 0 Å². The third-order valence-electron chi connectivity index (χ3n) is 1.91. The monoisotopic (exact) mass is 197 g/mol. The molecule has 78 valence electrons. The Labute approximate surface area is 84.1 Å². The zero-order valence-electron chi connectivity index (χ0n) is 8.59. The second kappa shape index (κ2) is 5.60. The van der Waals surface area contributed by atoms with Crippen LogP contribution in [0, 0.1) is 11.7 Å². The molecule has 0 radical (unpaired) electrons. The molecule has 2 nitrogen and oxygen atoms in total. The first-order valence-corrected chi connectivity index (χ1v) is 4.76. The van der Waals surface area contributed by atoms with E-state index in [0.717, 1.165) is 6.54 Å². The van der Waals surface area contributed by atoms with Crippen molar-refractivity contribution in [2.45, 2.75) is 6.92 Å². The summed E-state index contributed by atoms with van der Waals surface area (Å²) in [6.45, 7) is 3.45. The van der Waals surface area contributed by atoms with E-state index in [1.165, 1.54) is 6.07 Å². The minimum absolute atomic E-state index is 0.302. The Bertz CT molecular complexity index is 278. The summed E-state index contributed by atoms with van der Waals surface area (Å²) in [5.74, 6) is 0.402. The predicted molar refractivity (Wildman–Crippen MR) is 55.0 cm³/mol. The molecule has 1 rings (SSSR count). The summed E-state index contributed by atoms with van der Waals surface area (Å²) in [6.07, 6.45) is 0. The van der Waals surface area contributed by atoms with Crippen LogP contribution >= 0.6 is 0 Å². The van der Waals surface area contributed by atoms with E-state index in [0.29, 0.717) is 18.3 Å². The van der Waals surface area contributed by atoms with E-state index in [1.807, 2.05) is 7.05 Å². The number of nitrogens with one attached hydrogen (secondary N) is 1. The number of para-hydroxylation sites is 1. The summed E-state index contributed by atoms with van der Waals surface area (Å²) >= 11 is 0. The fourth-order valence-electron chi connectivity index (χ4n) is 1.20. The molecule has 1 unspecified atom stereocenters. The topological polar surface area (TPSA) is 21.3 Å². The van der Waals surface area contributed by atoms with Gasteiger partial charge >= 0.3 is 0 Å². The molecule has 0 amide bonds. The number of hydrogen-bond donors (Lipinski definition) is 1. The van der Waals surface area contributed by atoms with Gasteiger partial charge in [0.15, 0.2) is 11.6 Å². The second-order valence-corrected chi connectivity index (χ2v) is 3.40. The van der Waals surface area contributed by atoms with Crippen molar-refractivity contribution in [2.75, 3.05) is 20.2 Å². The zero-order chi connectivity index (χ0) is 10.4. The maximum absolute atomic E-state index is 13.1. The van der Waals surface area contributed by atoms with Crippen LogP contribution in [0.1, 0.15) is 6.92 Å². The van der Waals surface area contributed by atoms with Gasteiger partial charge in [0.2, 0.25) is 0 Å². The van der Waals surface area contributed by atoms with E-state index in [2.05, 4.69) is 12.2 Å². The summed E-state index contributed by atoms with van der Waals surface area (Å²) < 4.78 is 18.4. The third-order valence-corrected chi connectivity index (χ3v) is 1.91. The first kappa shape index (κ1) is 11.0. The van der Waals surface area contributed by atoms with Gasteiger partial charge in [-0.15, -0.1) is 0 Å². The molecule has 1 atom stereocenters. The molecule has 14 heavy (non-hydrogen) atoms. The minimum Gasteiger partial charge on any atom is -0.490 e. The second-order valence-electron chi connectivity index (χ2n) is 3.40. The van der Waals surface area contributed by atoms with Crippen molar-refractivity contribution in [3.05, 3.63) is 30.1 Å². The van der Waals surface area contributed by atoms with Crippen LogP contribution in [-0.2, 0) is 0 Å². The first-order valence-electron chi connectivity index (χ1n) is 4.76. The fraction of sp³-hybridized carbons (Fsp3) is 0.455. The molecule has 0 aromatic heterocycles. The van der Waals surface area contributed by atoms with Gasteiger partial charge in [-0.2, -0.15) is 0 Å². The Balaban J connectivity index is 2.41. The highest BCUT2D eigenvalue weighted by Crippen LogP contribution is 2.15. The van der Waals surface area contributed by atoms with Crippen molar-refractivity contribution < 1.29 is 9.13 Å². The lowest BCUT2D eigenvalue weighted by Gasteiger charge is -2.12. The van der Waals surface area contributed by atoms with E-state index >= 15 is 0 Å². The fourth-order valence-corrected chi connectivity index (χ4v) is 1.20. The van der Waals surface area contributed by atoms with Crippen LogP contribution < -0.4 is 10.1 Å². The first-order chi connectivity index (χ1) is 6.74. The van der Waals surface area contributed by atoms with Gasteiger partial charge in [0.05, 0.1) is 6.61 Å². The number of hydrogen-bond acceptors (Lipinski definition) is 2. The molecule has 0 aliphatic heterocycles. The normalized spacial score (nSPS) is 12.5.